The zero-order valence-corrected chi connectivity index (χ0v) is 20.2. The summed E-state index contributed by atoms with van der Waals surface area (Å²) in [6.07, 6.45) is 1.10. The number of halogens is 2. The quantitative estimate of drug-likeness (QED) is 0.653. The number of benzodiazepines with no additional fused rings is 1. The molecule has 2 aromatic carbocycles. The average Bonchev–Trinajstić information content (AvgIpc) is 3.21. The SMILES string of the molecule is COCC1CCCN1C(=S)NC1N=C(c2ccccc2Cl)c2cc(Cl)ccc2N(C)C1=O. The number of anilines is 1. The first-order chi connectivity index (χ1) is 15.4. The van der Waals surface area contributed by atoms with Crippen molar-refractivity contribution in [2.75, 3.05) is 32.2 Å². The van der Waals surface area contributed by atoms with E-state index in [-0.39, 0.29) is 11.9 Å². The summed E-state index contributed by atoms with van der Waals surface area (Å²) in [5.74, 6) is -0.222. The van der Waals surface area contributed by atoms with Gasteiger partial charge in [-0.05, 0) is 49.3 Å². The second-order valence-electron chi connectivity index (χ2n) is 7.81. The van der Waals surface area contributed by atoms with Gasteiger partial charge in [0.25, 0.3) is 5.91 Å². The zero-order valence-electron chi connectivity index (χ0n) is 17.8. The number of aliphatic imine (C=N–C) groups is 1. The van der Waals surface area contributed by atoms with E-state index in [9.17, 15) is 4.79 Å². The number of carbonyl (C=O) groups is 1. The number of nitrogens with one attached hydrogen (secondary N) is 1. The number of hydrogen-bond donors (Lipinski definition) is 1. The molecule has 6 nitrogen and oxygen atoms in total. The van der Waals surface area contributed by atoms with Gasteiger partial charge in [0.2, 0.25) is 6.17 Å². The Kier molecular flexibility index (Phi) is 7.00. The molecule has 2 aliphatic rings. The van der Waals surface area contributed by atoms with Crippen molar-refractivity contribution in [2.24, 2.45) is 4.99 Å². The van der Waals surface area contributed by atoms with Gasteiger partial charge < -0.3 is 19.9 Å². The Morgan fingerprint density at radius 1 is 1.25 bits per heavy atom. The Balaban J connectivity index is 1.75. The second-order valence-corrected chi connectivity index (χ2v) is 9.04. The highest BCUT2D eigenvalue weighted by Gasteiger charge is 2.34. The Morgan fingerprint density at radius 3 is 2.78 bits per heavy atom. The molecule has 0 aliphatic carbocycles. The molecule has 9 heteroatoms. The summed E-state index contributed by atoms with van der Waals surface area (Å²) in [6.45, 7) is 1.39. The number of benzene rings is 2. The minimum atomic E-state index is -0.909. The predicted octanol–water partition coefficient (Wildman–Crippen LogP) is 4.12. The van der Waals surface area contributed by atoms with Crippen molar-refractivity contribution in [3.63, 3.8) is 0 Å². The van der Waals surface area contributed by atoms with Gasteiger partial charge in [-0.3, -0.25) is 4.79 Å². The molecular formula is C23H24Cl2N4O2S. The molecule has 0 aromatic heterocycles. The number of amides is 1. The first-order valence-electron chi connectivity index (χ1n) is 10.4. The number of thiocarbonyl (C=S) groups is 1. The van der Waals surface area contributed by atoms with Crippen molar-refractivity contribution in [1.82, 2.24) is 10.2 Å². The van der Waals surface area contributed by atoms with E-state index < -0.39 is 6.17 Å². The number of fused-ring (bicyclic) bond motifs is 1. The largest absolute Gasteiger partial charge is 0.383 e. The van der Waals surface area contributed by atoms with E-state index in [1.807, 2.05) is 24.3 Å². The van der Waals surface area contributed by atoms with E-state index in [1.165, 1.54) is 0 Å². The molecule has 2 unspecified atom stereocenters. The molecule has 32 heavy (non-hydrogen) atoms. The van der Waals surface area contributed by atoms with Gasteiger partial charge in [-0.2, -0.15) is 0 Å². The molecule has 2 aliphatic heterocycles. The van der Waals surface area contributed by atoms with Gasteiger partial charge in [-0.15, -0.1) is 0 Å². The van der Waals surface area contributed by atoms with Crippen molar-refractivity contribution in [1.29, 1.82) is 0 Å². The normalized spacial score (nSPS) is 20.6. The van der Waals surface area contributed by atoms with E-state index >= 15 is 0 Å². The summed E-state index contributed by atoms with van der Waals surface area (Å²) in [5, 5.41) is 4.76. The summed E-state index contributed by atoms with van der Waals surface area (Å²) in [7, 11) is 3.40. The molecule has 0 bridgehead atoms. The molecule has 0 saturated carbocycles. The minimum absolute atomic E-state index is 0.182. The van der Waals surface area contributed by atoms with Gasteiger partial charge in [0, 0.05) is 41.9 Å². The van der Waals surface area contributed by atoms with Crippen molar-refractivity contribution < 1.29 is 9.53 Å². The van der Waals surface area contributed by atoms with Crippen LogP contribution in [0.3, 0.4) is 0 Å². The average molecular weight is 491 g/mol. The lowest BCUT2D eigenvalue weighted by molar-refractivity contribution is -0.119. The molecule has 1 fully saturated rings. The monoisotopic (exact) mass is 490 g/mol. The maximum Gasteiger partial charge on any atom is 0.272 e. The number of ether oxygens (including phenoxy) is 1. The van der Waals surface area contributed by atoms with Gasteiger partial charge in [-0.25, -0.2) is 4.99 Å². The third-order valence-corrected chi connectivity index (χ3v) is 6.70. The summed E-state index contributed by atoms with van der Waals surface area (Å²) >= 11 is 18.5. The van der Waals surface area contributed by atoms with Crippen LogP contribution < -0.4 is 10.2 Å². The van der Waals surface area contributed by atoms with Crippen LogP contribution in [0.15, 0.2) is 47.5 Å². The van der Waals surface area contributed by atoms with Crippen LogP contribution in [0.1, 0.15) is 24.0 Å². The first-order valence-corrected chi connectivity index (χ1v) is 11.5. The minimum Gasteiger partial charge on any atom is -0.383 e. The summed E-state index contributed by atoms with van der Waals surface area (Å²) in [4.78, 5) is 21.9. The maximum absolute atomic E-state index is 13.4. The number of likely N-dealkylation sites (N-methyl/N-ethyl adjacent to an activating group) is 1. The lowest BCUT2D eigenvalue weighted by atomic mass is 10.00. The summed E-state index contributed by atoms with van der Waals surface area (Å²) in [5.41, 5.74) is 2.74. The highest BCUT2D eigenvalue weighted by molar-refractivity contribution is 7.80. The molecule has 0 spiro atoms. The topological polar surface area (TPSA) is 57.2 Å². The molecule has 2 aromatic rings. The van der Waals surface area contributed by atoms with Crippen LogP contribution in [0.2, 0.25) is 10.0 Å². The lowest BCUT2D eigenvalue weighted by Crippen LogP contribution is -2.52. The smallest absolute Gasteiger partial charge is 0.272 e. The van der Waals surface area contributed by atoms with E-state index in [2.05, 4.69) is 10.2 Å². The van der Waals surface area contributed by atoms with Gasteiger partial charge in [0.1, 0.15) is 0 Å². The predicted molar refractivity (Wildman–Crippen MR) is 133 cm³/mol. The molecule has 1 N–H and O–H groups in total. The molecule has 1 amide bonds. The van der Waals surface area contributed by atoms with Crippen molar-refractivity contribution in [3.05, 3.63) is 63.6 Å². The first kappa shape index (κ1) is 23.0. The van der Waals surface area contributed by atoms with Gasteiger partial charge in [-0.1, -0.05) is 41.4 Å². The third kappa shape index (κ3) is 4.48. The molecule has 0 radical (unpaired) electrons. The summed E-state index contributed by atoms with van der Waals surface area (Å²) < 4.78 is 5.34. The van der Waals surface area contributed by atoms with E-state index in [0.717, 1.165) is 30.5 Å². The van der Waals surface area contributed by atoms with E-state index in [4.69, 9.17) is 45.1 Å². The number of likely N-dealkylation sites (tertiary alicyclic amines) is 1. The van der Waals surface area contributed by atoms with Crippen molar-refractivity contribution >= 4 is 57.8 Å². The molecule has 1 saturated heterocycles. The maximum atomic E-state index is 13.4. The third-order valence-electron chi connectivity index (χ3n) is 5.78. The van der Waals surface area contributed by atoms with Crippen molar-refractivity contribution in [2.45, 2.75) is 25.0 Å². The Morgan fingerprint density at radius 2 is 2.03 bits per heavy atom. The number of nitrogens with zero attached hydrogens (tertiary/aromatic N) is 3. The number of carbonyl (C=O) groups excluding carboxylic acids is 1. The lowest BCUT2D eigenvalue weighted by Gasteiger charge is -2.29. The molecule has 168 valence electrons. The van der Waals surface area contributed by atoms with Crippen LogP contribution in [-0.2, 0) is 9.53 Å². The van der Waals surface area contributed by atoms with Gasteiger partial charge in [0.15, 0.2) is 5.11 Å². The highest BCUT2D eigenvalue weighted by atomic mass is 35.5. The fraction of sp³-hybridized carbons (Fsp3) is 0.348. The Labute approximate surface area is 203 Å². The van der Waals surface area contributed by atoms with Crippen LogP contribution >= 0.6 is 35.4 Å². The highest BCUT2D eigenvalue weighted by Crippen LogP contribution is 2.32. The number of rotatable bonds is 4. The van der Waals surface area contributed by atoms with Crippen LogP contribution in [-0.4, -0.2) is 61.1 Å². The fourth-order valence-electron chi connectivity index (χ4n) is 4.18. The van der Waals surface area contributed by atoms with Gasteiger partial charge in [0.05, 0.1) is 24.0 Å². The van der Waals surface area contributed by atoms with Crippen molar-refractivity contribution in [3.8, 4) is 0 Å². The molecule has 4 rings (SSSR count). The van der Waals surface area contributed by atoms with Crippen LogP contribution in [0, 0.1) is 0 Å². The van der Waals surface area contributed by atoms with E-state index in [1.54, 1.807) is 37.3 Å². The fourth-order valence-corrected chi connectivity index (χ4v) is 4.93. The zero-order chi connectivity index (χ0) is 22.8. The Bertz CT molecular complexity index is 1080. The molecule has 2 heterocycles. The standard InChI is InChI=1S/C23H24Cl2N4O2S/c1-28-19-10-9-14(24)12-17(19)20(16-7-3-4-8-18(16)25)26-21(22(28)30)27-23(32)29-11-5-6-15(29)13-31-2/h3-4,7-10,12,15,21H,5-6,11,13H2,1-2H3,(H,27,32). The summed E-state index contributed by atoms with van der Waals surface area (Å²) in [6, 6.07) is 13.0. The number of methoxy groups -OCH3 is 1. The molecule has 2 atom stereocenters. The molecular weight excluding hydrogens is 467 g/mol. The van der Waals surface area contributed by atoms with Crippen LogP contribution in [0.5, 0.6) is 0 Å². The van der Waals surface area contributed by atoms with Crippen LogP contribution in [0.25, 0.3) is 0 Å². The second kappa shape index (κ2) is 9.75. The van der Waals surface area contributed by atoms with E-state index in [0.29, 0.717) is 33.2 Å². The van der Waals surface area contributed by atoms with Gasteiger partial charge >= 0.3 is 0 Å². The Hall–Kier alpha value is -2.19. The van der Waals surface area contributed by atoms with Crippen LogP contribution in [0.4, 0.5) is 5.69 Å². The number of hydrogen-bond acceptors (Lipinski definition) is 4.